The van der Waals surface area contributed by atoms with Gasteiger partial charge in [0.15, 0.2) is 0 Å². The molecule has 0 aromatic carbocycles. The van der Waals surface area contributed by atoms with Gasteiger partial charge in [0.25, 0.3) is 0 Å². The molecule has 0 aliphatic carbocycles. The molecule has 0 aromatic heterocycles. The number of likely N-dealkylation sites (tertiary alicyclic amines) is 1. The SMILES string of the molecule is CC(C)(C)C1C(=O)CCN(C(C)(C)C)C1=O. The molecule has 3 heteroatoms. The molecule has 0 bridgehead atoms. The van der Waals surface area contributed by atoms with Gasteiger partial charge in [-0.05, 0) is 26.2 Å². The van der Waals surface area contributed by atoms with E-state index in [4.69, 9.17) is 0 Å². The van der Waals surface area contributed by atoms with E-state index in [1.165, 1.54) is 0 Å². The van der Waals surface area contributed by atoms with Crippen LogP contribution in [0.2, 0.25) is 0 Å². The van der Waals surface area contributed by atoms with Crippen molar-refractivity contribution in [2.24, 2.45) is 11.3 Å². The summed E-state index contributed by atoms with van der Waals surface area (Å²) >= 11 is 0. The summed E-state index contributed by atoms with van der Waals surface area (Å²) in [6.45, 7) is 12.5. The monoisotopic (exact) mass is 225 g/mol. The van der Waals surface area contributed by atoms with E-state index in [1.807, 2.05) is 46.4 Å². The van der Waals surface area contributed by atoms with E-state index < -0.39 is 5.92 Å². The van der Waals surface area contributed by atoms with E-state index in [9.17, 15) is 9.59 Å². The maximum Gasteiger partial charge on any atom is 0.234 e. The van der Waals surface area contributed by atoms with Crippen LogP contribution < -0.4 is 0 Å². The van der Waals surface area contributed by atoms with Crippen molar-refractivity contribution in [1.29, 1.82) is 0 Å². The Morgan fingerprint density at radius 1 is 1.06 bits per heavy atom. The van der Waals surface area contributed by atoms with Gasteiger partial charge in [0, 0.05) is 18.5 Å². The molecule has 1 unspecified atom stereocenters. The molecule has 1 heterocycles. The molecule has 16 heavy (non-hydrogen) atoms. The zero-order valence-corrected chi connectivity index (χ0v) is 11.3. The number of ketones is 1. The number of amides is 1. The van der Waals surface area contributed by atoms with Crippen LogP contribution in [-0.2, 0) is 9.59 Å². The summed E-state index contributed by atoms with van der Waals surface area (Å²) in [4.78, 5) is 26.0. The van der Waals surface area contributed by atoms with Gasteiger partial charge in [0.1, 0.15) is 11.7 Å². The number of hydrogen-bond acceptors (Lipinski definition) is 2. The molecule has 0 saturated carbocycles. The molecule has 92 valence electrons. The normalized spacial score (nSPS) is 23.9. The van der Waals surface area contributed by atoms with Crippen LogP contribution in [0.4, 0.5) is 0 Å². The van der Waals surface area contributed by atoms with Crippen molar-refractivity contribution >= 4 is 11.7 Å². The quantitative estimate of drug-likeness (QED) is 0.593. The molecule has 1 saturated heterocycles. The van der Waals surface area contributed by atoms with Gasteiger partial charge >= 0.3 is 0 Å². The van der Waals surface area contributed by atoms with Gasteiger partial charge in [-0.3, -0.25) is 9.59 Å². The van der Waals surface area contributed by atoms with Gasteiger partial charge in [0.05, 0.1) is 0 Å². The summed E-state index contributed by atoms with van der Waals surface area (Å²) in [7, 11) is 0. The molecule has 0 aromatic rings. The summed E-state index contributed by atoms with van der Waals surface area (Å²) in [5, 5.41) is 0. The predicted molar refractivity (Wildman–Crippen MR) is 64.0 cm³/mol. The Morgan fingerprint density at radius 2 is 1.56 bits per heavy atom. The first-order valence-corrected chi connectivity index (χ1v) is 5.89. The first-order chi connectivity index (χ1) is 7.05. The van der Waals surface area contributed by atoms with Crippen LogP contribution in [0.3, 0.4) is 0 Å². The van der Waals surface area contributed by atoms with E-state index in [-0.39, 0.29) is 22.6 Å². The van der Waals surface area contributed by atoms with E-state index >= 15 is 0 Å². The Morgan fingerprint density at radius 3 is 1.94 bits per heavy atom. The molecule has 1 amide bonds. The second-order valence-corrected chi connectivity index (χ2v) is 6.68. The number of carbonyl (C=O) groups excluding carboxylic acids is 2. The molecular weight excluding hydrogens is 202 g/mol. The maximum absolute atomic E-state index is 12.3. The maximum atomic E-state index is 12.3. The number of Topliss-reactive ketones (excluding diaryl/α,β-unsaturated/α-hetero) is 1. The fraction of sp³-hybridized carbons (Fsp3) is 0.846. The molecule has 1 aliphatic heterocycles. The van der Waals surface area contributed by atoms with Crippen LogP contribution in [0.25, 0.3) is 0 Å². The highest BCUT2D eigenvalue weighted by Gasteiger charge is 2.45. The summed E-state index contributed by atoms with van der Waals surface area (Å²) < 4.78 is 0. The van der Waals surface area contributed by atoms with Gasteiger partial charge < -0.3 is 4.90 Å². The van der Waals surface area contributed by atoms with Crippen molar-refractivity contribution < 1.29 is 9.59 Å². The number of rotatable bonds is 0. The molecule has 0 N–H and O–H groups in total. The summed E-state index contributed by atoms with van der Waals surface area (Å²) in [5.41, 5.74) is -0.473. The first-order valence-electron chi connectivity index (χ1n) is 5.89. The molecule has 1 atom stereocenters. The minimum atomic E-state index is -0.472. The number of piperidine rings is 1. The largest absolute Gasteiger partial charge is 0.337 e. The Labute approximate surface area is 98.2 Å². The summed E-state index contributed by atoms with van der Waals surface area (Å²) in [6, 6.07) is 0. The third-order valence-corrected chi connectivity index (χ3v) is 3.09. The van der Waals surface area contributed by atoms with Crippen molar-refractivity contribution in [1.82, 2.24) is 4.90 Å². The van der Waals surface area contributed by atoms with E-state index in [2.05, 4.69) is 0 Å². The van der Waals surface area contributed by atoms with Gasteiger partial charge in [-0.2, -0.15) is 0 Å². The zero-order valence-electron chi connectivity index (χ0n) is 11.3. The lowest BCUT2D eigenvalue weighted by molar-refractivity contribution is -0.154. The lowest BCUT2D eigenvalue weighted by Gasteiger charge is -2.44. The highest BCUT2D eigenvalue weighted by atomic mass is 16.2. The molecule has 1 aliphatic rings. The topological polar surface area (TPSA) is 37.4 Å². The molecule has 3 nitrogen and oxygen atoms in total. The third kappa shape index (κ3) is 2.45. The zero-order chi connectivity index (χ0) is 12.7. The van der Waals surface area contributed by atoms with Crippen LogP contribution in [-0.4, -0.2) is 28.7 Å². The fourth-order valence-corrected chi connectivity index (χ4v) is 2.29. The number of nitrogens with zero attached hydrogens (tertiary/aromatic N) is 1. The van der Waals surface area contributed by atoms with Crippen molar-refractivity contribution in [2.45, 2.75) is 53.5 Å². The average molecular weight is 225 g/mol. The lowest BCUT2D eigenvalue weighted by atomic mass is 9.74. The van der Waals surface area contributed by atoms with Gasteiger partial charge in [0.2, 0.25) is 5.91 Å². The van der Waals surface area contributed by atoms with Crippen LogP contribution in [0.1, 0.15) is 48.0 Å². The van der Waals surface area contributed by atoms with Crippen molar-refractivity contribution in [2.75, 3.05) is 6.54 Å². The van der Waals surface area contributed by atoms with Gasteiger partial charge in [-0.1, -0.05) is 20.8 Å². The molecule has 0 spiro atoms. The minimum Gasteiger partial charge on any atom is -0.337 e. The summed E-state index contributed by atoms with van der Waals surface area (Å²) in [5.74, 6) is -0.380. The molecule has 0 radical (unpaired) electrons. The molecule has 1 rings (SSSR count). The average Bonchev–Trinajstić information content (AvgIpc) is 1.97. The molecular formula is C13H23NO2. The second kappa shape index (κ2) is 3.86. The Hall–Kier alpha value is -0.860. The smallest absolute Gasteiger partial charge is 0.234 e. The first kappa shape index (κ1) is 13.2. The number of hydrogen-bond donors (Lipinski definition) is 0. The van der Waals surface area contributed by atoms with Crippen LogP contribution in [0.15, 0.2) is 0 Å². The highest BCUT2D eigenvalue weighted by molar-refractivity contribution is 6.04. The van der Waals surface area contributed by atoms with Crippen LogP contribution >= 0.6 is 0 Å². The fourth-order valence-electron chi connectivity index (χ4n) is 2.29. The van der Waals surface area contributed by atoms with Gasteiger partial charge in [-0.25, -0.2) is 0 Å². The van der Waals surface area contributed by atoms with E-state index in [0.717, 1.165) is 0 Å². The van der Waals surface area contributed by atoms with E-state index in [0.29, 0.717) is 13.0 Å². The predicted octanol–water partition coefficient (Wildman–Crippen LogP) is 2.25. The molecule has 1 fully saturated rings. The van der Waals surface area contributed by atoms with Crippen LogP contribution in [0.5, 0.6) is 0 Å². The summed E-state index contributed by atoms with van der Waals surface area (Å²) in [6.07, 6.45) is 0.491. The number of carbonyl (C=O) groups is 2. The van der Waals surface area contributed by atoms with E-state index in [1.54, 1.807) is 0 Å². The Balaban J connectivity index is 3.02. The third-order valence-electron chi connectivity index (χ3n) is 3.09. The van der Waals surface area contributed by atoms with Crippen molar-refractivity contribution in [3.8, 4) is 0 Å². The van der Waals surface area contributed by atoms with Crippen LogP contribution in [0, 0.1) is 11.3 Å². The second-order valence-electron chi connectivity index (χ2n) is 6.68. The standard InChI is InChI=1S/C13H23NO2/c1-12(2,3)10-9(15)7-8-14(11(10)16)13(4,5)6/h10H,7-8H2,1-6H3. The lowest BCUT2D eigenvalue weighted by Crippen LogP contribution is -2.56. The highest BCUT2D eigenvalue weighted by Crippen LogP contribution is 2.34. The van der Waals surface area contributed by atoms with Gasteiger partial charge in [-0.15, -0.1) is 0 Å². The Kier molecular flexibility index (Phi) is 3.19. The Bertz CT molecular complexity index is 307. The van der Waals surface area contributed by atoms with Crippen molar-refractivity contribution in [3.05, 3.63) is 0 Å². The van der Waals surface area contributed by atoms with Crippen molar-refractivity contribution in [3.63, 3.8) is 0 Å². The minimum absolute atomic E-state index is 0.00347.